The quantitative estimate of drug-likeness (QED) is 0.378. The molecule has 9 nitrogen and oxygen atoms in total. The monoisotopic (exact) mass is 495 g/mol. The van der Waals surface area contributed by atoms with Gasteiger partial charge in [-0.15, -0.1) is 16.4 Å². The normalized spacial score (nSPS) is 12.9. The van der Waals surface area contributed by atoms with Gasteiger partial charge in [0.2, 0.25) is 5.96 Å². The molecule has 0 unspecified atom stereocenters. The molecular formula is C26H21N7O2S. The van der Waals surface area contributed by atoms with Gasteiger partial charge in [-0.1, -0.05) is 35.9 Å². The topological polar surface area (TPSA) is 105 Å². The van der Waals surface area contributed by atoms with E-state index in [2.05, 4.69) is 20.8 Å². The number of benzene rings is 2. The van der Waals surface area contributed by atoms with E-state index in [0.29, 0.717) is 21.5 Å². The molecule has 5 aromatic rings. The minimum Gasteiger partial charge on any atom is -0.290 e. The van der Waals surface area contributed by atoms with Crippen LogP contribution in [0.1, 0.15) is 27.2 Å². The lowest BCUT2D eigenvalue weighted by Gasteiger charge is -2.28. The molecule has 3 aromatic heterocycles. The number of pyridine rings is 1. The van der Waals surface area contributed by atoms with Gasteiger partial charge in [0, 0.05) is 16.6 Å². The number of hydrazone groups is 1. The first-order valence-corrected chi connectivity index (χ1v) is 12.1. The molecule has 0 aliphatic carbocycles. The van der Waals surface area contributed by atoms with E-state index in [9.17, 15) is 9.59 Å². The number of hydrogen-bond donors (Lipinski definition) is 2. The molecule has 2 N–H and O–H groups in total. The van der Waals surface area contributed by atoms with E-state index in [1.807, 2.05) is 57.2 Å². The second-order valence-corrected chi connectivity index (χ2v) is 9.62. The lowest BCUT2D eigenvalue weighted by molar-refractivity contribution is 0.0976. The highest BCUT2D eigenvalue weighted by Crippen LogP contribution is 2.34. The molecule has 0 fully saturated rings. The smallest absolute Gasteiger partial charge is 0.290 e. The maximum atomic E-state index is 13.7. The van der Waals surface area contributed by atoms with Crippen LogP contribution < -0.4 is 21.3 Å². The number of hydrogen-bond acceptors (Lipinski definition) is 8. The molecule has 1 aliphatic heterocycles. The van der Waals surface area contributed by atoms with Crippen molar-refractivity contribution >= 4 is 55.3 Å². The largest absolute Gasteiger partial charge is 0.292 e. The number of fused-ring (bicyclic) bond motifs is 4. The highest BCUT2D eigenvalue weighted by molar-refractivity contribution is 7.25. The fourth-order valence-electron chi connectivity index (χ4n) is 4.21. The van der Waals surface area contributed by atoms with Crippen molar-refractivity contribution in [1.29, 1.82) is 0 Å². The molecule has 1 aliphatic rings. The second-order valence-electron chi connectivity index (χ2n) is 8.62. The van der Waals surface area contributed by atoms with Crippen LogP contribution in [0.15, 0.2) is 70.6 Å². The Labute approximate surface area is 209 Å². The number of amides is 1. The van der Waals surface area contributed by atoms with Gasteiger partial charge in [0.25, 0.3) is 17.4 Å². The van der Waals surface area contributed by atoms with Gasteiger partial charge < -0.3 is 0 Å². The first kappa shape index (κ1) is 21.9. The zero-order valence-corrected chi connectivity index (χ0v) is 20.6. The van der Waals surface area contributed by atoms with E-state index in [1.165, 1.54) is 16.0 Å². The molecule has 36 heavy (non-hydrogen) atoms. The van der Waals surface area contributed by atoms with E-state index < -0.39 is 0 Å². The lowest BCUT2D eigenvalue weighted by atomic mass is 10.1. The summed E-state index contributed by atoms with van der Waals surface area (Å²) in [7, 11) is 0. The number of thiophene rings is 1. The molecule has 0 saturated carbocycles. The molecule has 10 heteroatoms. The van der Waals surface area contributed by atoms with Crippen molar-refractivity contribution in [3.05, 3.63) is 93.4 Å². The number of rotatable bonds is 2. The van der Waals surface area contributed by atoms with Gasteiger partial charge in [-0.05, 0) is 56.7 Å². The SMILES string of the molecule is Cc1ccc(N2N=C(NC(=O)c3ccccc3)Nn3c2nc2c(sc4nc(C)cc(C)c42)c3=O)cc1. The standard InChI is InChI=1S/C26H21N7O2S/c1-14-9-11-18(12-10-14)32-26-28-20-19-15(2)13-16(3)27-23(19)36-21(20)24(35)33(26)31-25(30-32)29-22(34)17-7-5-4-6-8-17/h4-13H,1-3H3,(H2,29,30,31,34). The van der Waals surface area contributed by atoms with Gasteiger partial charge >= 0.3 is 0 Å². The van der Waals surface area contributed by atoms with Gasteiger partial charge in [0.15, 0.2) is 0 Å². The van der Waals surface area contributed by atoms with Crippen LogP contribution >= 0.6 is 11.3 Å². The predicted molar refractivity (Wildman–Crippen MR) is 143 cm³/mol. The van der Waals surface area contributed by atoms with Gasteiger partial charge in [-0.2, -0.15) is 9.69 Å². The minimum atomic E-state index is -0.353. The zero-order valence-electron chi connectivity index (χ0n) is 19.7. The fraction of sp³-hybridized carbons (Fsp3) is 0.115. The lowest BCUT2D eigenvalue weighted by Crippen LogP contribution is -2.48. The van der Waals surface area contributed by atoms with Gasteiger partial charge in [0.1, 0.15) is 15.0 Å². The number of aryl methyl sites for hydroxylation is 3. The van der Waals surface area contributed by atoms with Crippen molar-refractivity contribution in [2.45, 2.75) is 20.8 Å². The zero-order chi connectivity index (χ0) is 25.0. The number of anilines is 2. The summed E-state index contributed by atoms with van der Waals surface area (Å²) in [5.74, 6) is 0.0357. The number of carbonyl (C=O) groups excluding carboxylic acids is 1. The van der Waals surface area contributed by atoms with E-state index in [4.69, 9.17) is 4.98 Å². The Morgan fingerprint density at radius 2 is 1.75 bits per heavy atom. The minimum absolute atomic E-state index is 0.103. The van der Waals surface area contributed by atoms with Crippen molar-refractivity contribution in [3.63, 3.8) is 0 Å². The molecule has 6 rings (SSSR count). The molecule has 0 saturated heterocycles. The predicted octanol–water partition coefficient (Wildman–Crippen LogP) is 4.33. The van der Waals surface area contributed by atoms with Crippen LogP contribution in [0.3, 0.4) is 0 Å². The summed E-state index contributed by atoms with van der Waals surface area (Å²) in [6.07, 6.45) is 0. The summed E-state index contributed by atoms with van der Waals surface area (Å²) in [5, 5.41) is 9.79. The summed E-state index contributed by atoms with van der Waals surface area (Å²) < 4.78 is 1.79. The first-order chi connectivity index (χ1) is 17.4. The van der Waals surface area contributed by atoms with E-state index in [1.54, 1.807) is 29.3 Å². The number of nitrogens with zero attached hydrogens (tertiary/aromatic N) is 5. The third kappa shape index (κ3) is 3.59. The summed E-state index contributed by atoms with van der Waals surface area (Å²) in [6, 6.07) is 18.5. The van der Waals surface area contributed by atoms with Crippen LogP contribution in [-0.4, -0.2) is 26.5 Å². The molecule has 0 atom stereocenters. The third-order valence-corrected chi connectivity index (χ3v) is 6.99. The van der Waals surface area contributed by atoms with Crippen molar-refractivity contribution in [2.75, 3.05) is 10.4 Å². The van der Waals surface area contributed by atoms with Crippen LogP contribution in [0.25, 0.3) is 20.4 Å². The van der Waals surface area contributed by atoms with E-state index in [0.717, 1.165) is 27.0 Å². The maximum Gasteiger partial charge on any atom is 0.292 e. The maximum absolute atomic E-state index is 13.7. The fourth-order valence-corrected chi connectivity index (χ4v) is 5.38. The Balaban J connectivity index is 1.54. The summed E-state index contributed by atoms with van der Waals surface area (Å²) in [6.45, 7) is 5.91. The number of guanidine groups is 1. The van der Waals surface area contributed by atoms with Crippen molar-refractivity contribution in [3.8, 4) is 0 Å². The first-order valence-electron chi connectivity index (χ1n) is 11.3. The Bertz CT molecular complexity index is 1760. The third-order valence-electron chi connectivity index (χ3n) is 5.92. The van der Waals surface area contributed by atoms with Gasteiger partial charge in [-0.25, -0.2) is 9.97 Å². The van der Waals surface area contributed by atoms with E-state index in [-0.39, 0.29) is 23.4 Å². The van der Waals surface area contributed by atoms with Crippen LogP contribution in [-0.2, 0) is 0 Å². The van der Waals surface area contributed by atoms with Crippen LogP contribution in [0.5, 0.6) is 0 Å². The second kappa shape index (κ2) is 8.28. The molecule has 0 radical (unpaired) electrons. The Morgan fingerprint density at radius 3 is 2.50 bits per heavy atom. The molecule has 0 spiro atoms. The van der Waals surface area contributed by atoms with Crippen LogP contribution in [0, 0.1) is 20.8 Å². The molecule has 178 valence electrons. The summed E-state index contributed by atoms with van der Waals surface area (Å²) in [4.78, 5) is 36.8. The van der Waals surface area contributed by atoms with Gasteiger partial charge in [-0.3, -0.25) is 20.3 Å². The van der Waals surface area contributed by atoms with Crippen molar-refractivity contribution in [2.24, 2.45) is 5.10 Å². The molecule has 4 heterocycles. The number of aromatic nitrogens is 3. The van der Waals surface area contributed by atoms with Crippen LogP contribution in [0.4, 0.5) is 11.6 Å². The highest BCUT2D eigenvalue weighted by Gasteiger charge is 2.27. The van der Waals surface area contributed by atoms with Crippen molar-refractivity contribution in [1.82, 2.24) is 20.0 Å². The average Bonchev–Trinajstić information content (AvgIpc) is 3.24. The molecule has 2 aromatic carbocycles. The highest BCUT2D eigenvalue weighted by atomic mass is 32.1. The van der Waals surface area contributed by atoms with Crippen LogP contribution in [0.2, 0.25) is 0 Å². The average molecular weight is 496 g/mol. The van der Waals surface area contributed by atoms with E-state index >= 15 is 0 Å². The Hall–Kier alpha value is -4.57. The molecule has 1 amide bonds. The molecule has 0 bridgehead atoms. The Morgan fingerprint density at radius 1 is 1.00 bits per heavy atom. The van der Waals surface area contributed by atoms with Gasteiger partial charge in [0.05, 0.1) is 5.69 Å². The Kier molecular flexibility index (Phi) is 5.04. The number of carbonyl (C=O) groups is 1. The number of nitrogens with one attached hydrogen (secondary N) is 2. The molecular weight excluding hydrogens is 474 g/mol. The van der Waals surface area contributed by atoms with Crippen molar-refractivity contribution < 1.29 is 4.79 Å². The summed E-state index contributed by atoms with van der Waals surface area (Å²) >= 11 is 1.31. The summed E-state index contributed by atoms with van der Waals surface area (Å²) in [5.41, 5.74) is 7.36.